The number of nitrogens with zero attached hydrogens (tertiary/aromatic N) is 1. The van der Waals surface area contributed by atoms with Gasteiger partial charge in [-0.1, -0.05) is 24.3 Å². The number of hydrogen-bond donors (Lipinski definition) is 3. The summed E-state index contributed by atoms with van der Waals surface area (Å²) in [6.07, 6.45) is 0. The van der Waals surface area contributed by atoms with E-state index in [2.05, 4.69) is 10.9 Å². The molecule has 0 aliphatic heterocycles. The highest BCUT2D eigenvalue weighted by Gasteiger charge is 2.18. The van der Waals surface area contributed by atoms with E-state index in [1.165, 1.54) is 18.2 Å². The minimum absolute atomic E-state index is 0.163. The van der Waals surface area contributed by atoms with E-state index in [0.717, 1.165) is 11.1 Å². The molecule has 2 aromatic rings. The number of hydrogen-bond acceptors (Lipinski definition) is 4. The van der Waals surface area contributed by atoms with Gasteiger partial charge in [0.05, 0.1) is 5.69 Å². The molecule has 0 aliphatic carbocycles. The SMILES string of the molecule is NNN(C(=O)NC(=O)c1ccccc1)c1cccc(F)c1. The number of nitrogens with one attached hydrogen (secondary N) is 2. The Bertz CT molecular complexity index is 648. The lowest BCUT2D eigenvalue weighted by Gasteiger charge is -2.20. The largest absolute Gasteiger partial charge is 0.344 e. The van der Waals surface area contributed by atoms with Crippen molar-refractivity contribution >= 4 is 17.6 Å². The molecule has 6 nitrogen and oxygen atoms in total. The van der Waals surface area contributed by atoms with Gasteiger partial charge in [0.15, 0.2) is 0 Å². The third-order valence-corrected chi connectivity index (χ3v) is 2.66. The molecule has 0 fully saturated rings. The molecular formula is C14H13FN4O2. The van der Waals surface area contributed by atoms with E-state index in [1.54, 1.807) is 30.3 Å². The number of amides is 3. The van der Waals surface area contributed by atoms with Crippen molar-refractivity contribution in [2.24, 2.45) is 5.84 Å². The van der Waals surface area contributed by atoms with Crippen LogP contribution in [0, 0.1) is 5.82 Å². The van der Waals surface area contributed by atoms with Gasteiger partial charge in [0.2, 0.25) is 0 Å². The predicted octanol–water partition coefficient (Wildman–Crippen LogP) is 1.56. The lowest BCUT2D eigenvalue weighted by molar-refractivity contribution is 0.0965. The average molecular weight is 288 g/mol. The molecule has 0 unspecified atom stereocenters. The van der Waals surface area contributed by atoms with E-state index in [9.17, 15) is 14.0 Å². The highest BCUT2D eigenvalue weighted by Crippen LogP contribution is 2.13. The smallest absolute Gasteiger partial charge is 0.272 e. The Morgan fingerprint density at radius 2 is 1.76 bits per heavy atom. The summed E-state index contributed by atoms with van der Waals surface area (Å²) < 4.78 is 13.2. The number of nitrogens with two attached hydrogens (primary N) is 1. The van der Waals surface area contributed by atoms with Crippen molar-refractivity contribution in [3.8, 4) is 0 Å². The zero-order chi connectivity index (χ0) is 15.2. The normalized spacial score (nSPS) is 10.0. The Labute approximate surface area is 120 Å². The first-order valence-corrected chi connectivity index (χ1v) is 6.04. The zero-order valence-corrected chi connectivity index (χ0v) is 10.9. The second kappa shape index (κ2) is 6.60. The van der Waals surface area contributed by atoms with Crippen LogP contribution >= 0.6 is 0 Å². The standard InChI is InChI=1S/C14H13FN4O2/c15-11-7-4-8-12(9-11)19(18-16)14(21)17-13(20)10-5-2-1-3-6-10/h1-9,18H,16H2,(H,17,20,21). The molecule has 2 rings (SSSR count). The molecule has 108 valence electrons. The minimum Gasteiger partial charge on any atom is -0.272 e. The molecule has 0 bridgehead atoms. The molecule has 0 radical (unpaired) electrons. The molecule has 0 saturated heterocycles. The Morgan fingerprint density at radius 1 is 1.05 bits per heavy atom. The molecule has 0 spiro atoms. The van der Waals surface area contributed by atoms with Gasteiger partial charge in [-0.05, 0) is 30.3 Å². The number of carbonyl (C=O) groups excluding carboxylic acids is 2. The molecular weight excluding hydrogens is 275 g/mol. The van der Waals surface area contributed by atoms with Gasteiger partial charge in [-0.15, -0.1) is 0 Å². The highest BCUT2D eigenvalue weighted by molar-refractivity contribution is 6.08. The minimum atomic E-state index is -0.822. The van der Waals surface area contributed by atoms with E-state index >= 15 is 0 Å². The Morgan fingerprint density at radius 3 is 2.38 bits per heavy atom. The van der Waals surface area contributed by atoms with Crippen molar-refractivity contribution in [3.05, 3.63) is 66.0 Å². The Hall–Kier alpha value is -2.77. The van der Waals surface area contributed by atoms with Gasteiger partial charge in [0.1, 0.15) is 5.82 Å². The number of carbonyl (C=O) groups is 2. The Kier molecular flexibility index (Phi) is 4.60. The van der Waals surface area contributed by atoms with Crippen LogP contribution in [0.2, 0.25) is 0 Å². The third kappa shape index (κ3) is 3.62. The van der Waals surface area contributed by atoms with Gasteiger partial charge in [-0.2, -0.15) is 5.53 Å². The number of rotatable bonds is 3. The van der Waals surface area contributed by atoms with Crippen LogP contribution in [-0.2, 0) is 0 Å². The number of benzene rings is 2. The van der Waals surface area contributed by atoms with Crippen LogP contribution in [0.25, 0.3) is 0 Å². The van der Waals surface area contributed by atoms with Gasteiger partial charge in [0, 0.05) is 5.56 Å². The molecule has 0 heterocycles. The zero-order valence-electron chi connectivity index (χ0n) is 10.9. The van der Waals surface area contributed by atoms with Gasteiger partial charge in [-0.25, -0.2) is 14.2 Å². The van der Waals surface area contributed by atoms with Crippen LogP contribution in [-0.4, -0.2) is 11.9 Å². The number of anilines is 1. The fourth-order valence-corrected chi connectivity index (χ4v) is 1.68. The summed E-state index contributed by atoms with van der Waals surface area (Å²) in [4.78, 5) is 23.9. The third-order valence-electron chi connectivity index (χ3n) is 2.66. The monoisotopic (exact) mass is 288 g/mol. The van der Waals surface area contributed by atoms with Crippen molar-refractivity contribution in [2.45, 2.75) is 0 Å². The molecule has 3 amide bonds. The van der Waals surface area contributed by atoms with Crippen molar-refractivity contribution in [1.29, 1.82) is 0 Å². The first-order valence-electron chi connectivity index (χ1n) is 6.04. The van der Waals surface area contributed by atoms with Gasteiger partial charge in [0.25, 0.3) is 5.91 Å². The maximum atomic E-state index is 13.2. The number of halogens is 1. The fraction of sp³-hybridized carbons (Fsp3) is 0. The summed E-state index contributed by atoms with van der Waals surface area (Å²) >= 11 is 0. The quantitative estimate of drug-likeness (QED) is 0.591. The van der Waals surface area contributed by atoms with Gasteiger partial charge < -0.3 is 0 Å². The van der Waals surface area contributed by atoms with Crippen LogP contribution < -0.4 is 21.7 Å². The van der Waals surface area contributed by atoms with Crippen molar-refractivity contribution in [2.75, 3.05) is 5.01 Å². The predicted molar refractivity (Wildman–Crippen MR) is 75.5 cm³/mol. The van der Waals surface area contributed by atoms with Crippen LogP contribution in [0.1, 0.15) is 10.4 Å². The topological polar surface area (TPSA) is 87.5 Å². The maximum Gasteiger partial charge on any atom is 0.344 e. The molecule has 4 N–H and O–H groups in total. The second-order valence-electron chi connectivity index (χ2n) is 4.07. The number of urea groups is 1. The van der Waals surface area contributed by atoms with Gasteiger partial charge >= 0.3 is 6.03 Å². The summed E-state index contributed by atoms with van der Waals surface area (Å²) in [5.41, 5.74) is 2.59. The van der Waals surface area contributed by atoms with E-state index in [4.69, 9.17) is 5.84 Å². The Balaban J connectivity index is 2.12. The average Bonchev–Trinajstić information content (AvgIpc) is 2.49. The summed E-state index contributed by atoms with van der Waals surface area (Å²) in [7, 11) is 0. The second-order valence-corrected chi connectivity index (χ2v) is 4.07. The summed E-state index contributed by atoms with van der Waals surface area (Å²) in [5.74, 6) is 4.13. The summed E-state index contributed by atoms with van der Waals surface area (Å²) in [6.45, 7) is 0. The number of hydrazine groups is 2. The molecule has 0 atom stereocenters. The summed E-state index contributed by atoms with van der Waals surface area (Å²) in [6, 6.07) is 12.6. The number of imide groups is 1. The van der Waals surface area contributed by atoms with Crippen LogP contribution in [0.5, 0.6) is 0 Å². The fourth-order valence-electron chi connectivity index (χ4n) is 1.68. The molecule has 2 aromatic carbocycles. The summed E-state index contributed by atoms with van der Waals surface area (Å²) in [5, 5.41) is 2.97. The molecule has 0 aromatic heterocycles. The first-order chi connectivity index (χ1) is 10.1. The lowest BCUT2D eigenvalue weighted by Crippen LogP contribution is -2.53. The van der Waals surface area contributed by atoms with E-state index < -0.39 is 17.8 Å². The van der Waals surface area contributed by atoms with E-state index in [1.807, 2.05) is 0 Å². The van der Waals surface area contributed by atoms with Crippen LogP contribution in [0.15, 0.2) is 54.6 Å². The van der Waals surface area contributed by atoms with E-state index in [-0.39, 0.29) is 5.69 Å². The molecule has 0 aliphatic rings. The van der Waals surface area contributed by atoms with Crippen molar-refractivity contribution in [3.63, 3.8) is 0 Å². The molecule has 7 heteroatoms. The van der Waals surface area contributed by atoms with Crippen LogP contribution in [0.3, 0.4) is 0 Å². The molecule has 21 heavy (non-hydrogen) atoms. The molecule has 0 saturated carbocycles. The van der Waals surface area contributed by atoms with Crippen molar-refractivity contribution in [1.82, 2.24) is 10.9 Å². The van der Waals surface area contributed by atoms with Gasteiger partial charge in [-0.3, -0.25) is 16.0 Å². The van der Waals surface area contributed by atoms with E-state index in [0.29, 0.717) is 5.56 Å². The maximum absolute atomic E-state index is 13.2. The lowest BCUT2D eigenvalue weighted by atomic mass is 10.2. The van der Waals surface area contributed by atoms with Crippen molar-refractivity contribution < 1.29 is 14.0 Å². The highest BCUT2D eigenvalue weighted by atomic mass is 19.1. The van der Waals surface area contributed by atoms with Crippen LogP contribution in [0.4, 0.5) is 14.9 Å². The first kappa shape index (κ1) is 14.6.